The highest BCUT2D eigenvalue weighted by Crippen LogP contribution is 2.27. The number of carbonyl (C=O) groups is 1. The summed E-state index contributed by atoms with van der Waals surface area (Å²) in [6.45, 7) is 7.93. The maximum atomic E-state index is 11.7. The normalized spacial score (nSPS) is 11.4. The zero-order valence-electron chi connectivity index (χ0n) is 10.9. The van der Waals surface area contributed by atoms with Gasteiger partial charge in [-0.15, -0.1) is 10.1 Å². The topological polar surface area (TPSA) is 78.7 Å². The average Bonchev–Trinajstić information content (AvgIpc) is 2.21. The SMILES string of the molecule is CC(C)C(C)(C)C(=O)OCCCCO[N+](=O)[O-]. The van der Waals surface area contributed by atoms with Gasteiger partial charge in [0.1, 0.15) is 0 Å². The quantitative estimate of drug-likeness (QED) is 0.284. The Labute approximate surface area is 101 Å². The first-order valence-electron chi connectivity index (χ1n) is 5.73. The summed E-state index contributed by atoms with van der Waals surface area (Å²) in [4.78, 5) is 25.7. The van der Waals surface area contributed by atoms with Crippen LogP contribution in [-0.4, -0.2) is 24.3 Å². The Balaban J connectivity index is 3.69. The second-order valence-corrected chi connectivity index (χ2v) is 4.78. The highest BCUT2D eigenvalue weighted by atomic mass is 16.9. The van der Waals surface area contributed by atoms with Crippen molar-refractivity contribution in [2.45, 2.75) is 40.5 Å². The molecule has 0 aliphatic rings. The highest BCUT2D eigenvalue weighted by molar-refractivity contribution is 5.76. The van der Waals surface area contributed by atoms with Crippen molar-refractivity contribution < 1.29 is 19.5 Å². The largest absolute Gasteiger partial charge is 0.465 e. The number of carbonyl (C=O) groups excluding carboxylic acids is 1. The van der Waals surface area contributed by atoms with Gasteiger partial charge in [-0.25, -0.2) is 0 Å². The standard InChI is InChI=1S/C11H21NO5/c1-9(2)11(3,4)10(13)16-7-5-6-8-17-12(14)15/h9H,5-8H2,1-4H3. The number of hydrogen-bond acceptors (Lipinski definition) is 5. The Kier molecular flexibility index (Phi) is 6.53. The van der Waals surface area contributed by atoms with E-state index >= 15 is 0 Å². The summed E-state index contributed by atoms with van der Waals surface area (Å²) in [7, 11) is 0. The van der Waals surface area contributed by atoms with E-state index in [1.165, 1.54) is 0 Å². The van der Waals surface area contributed by atoms with Gasteiger partial charge >= 0.3 is 5.97 Å². The molecule has 0 aromatic carbocycles. The predicted molar refractivity (Wildman–Crippen MR) is 61.8 cm³/mol. The smallest absolute Gasteiger partial charge is 0.311 e. The third-order valence-corrected chi connectivity index (χ3v) is 2.94. The summed E-state index contributed by atoms with van der Waals surface area (Å²) in [5, 5.41) is 9.02. The number of unbranched alkanes of at least 4 members (excludes halogenated alkanes) is 1. The van der Waals surface area contributed by atoms with Gasteiger partial charge in [-0.1, -0.05) is 13.8 Å². The maximum absolute atomic E-state index is 11.7. The van der Waals surface area contributed by atoms with Crippen LogP contribution >= 0.6 is 0 Å². The van der Waals surface area contributed by atoms with Crippen LogP contribution in [0.1, 0.15) is 40.5 Å². The molecule has 0 radical (unpaired) electrons. The van der Waals surface area contributed by atoms with Crippen LogP contribution in [0.4, 0.5) is 0 Å². The van der Waals surface area contributed by atoms with E-state index in [4.69, 9.17) is 4.74 Å². The molecule has 0 atom stereocenters. The molecule has 0 unspecified atom stereocenters. The third kappa shape index (κ3) is 6.09. The fraction of sp³-hybridized carbons (Fsp3) is 0.909. The first-order chi connectivity index (χ1) is 7.78. The molecule has 0 saturated carbocycles. The van der Waals surface area contributed by atoms with Gasteiger partial charge in [-0.05, 0) is 32.6 Å². The summed E-state index contributed by atoms with van der Waals surface area (Å²) in [6.07, 6.45) is 1.06. The molecule has 0 aliphatic carbocycles. The lowest BCUT2D eigenvalue weighted by atomic mass is 9.81. The minimum Gasteiger partial charge on any atom is -0.465 e. The molecule has 0 aliphatic heterocycles. The molecular formula is C11H21NO5. The predicted octanol–water partition coefficient (Wildman–Crippen LogP) is 2.20. The van der Waals surface area contributed by atoms with E-state index in [9.17, 15) is 14.9 Å². The molecule has 0 amide bonds. The lowest BCUT2D eigenvalue weighted by Crippen LogP contribution is -2.32. The van der Waals surface area contributed by atoms with Gasteiger partial charge in [0, 0.05) is 0 Å². The van der Waals surface area contributed by atoms with Crippen molar-refractivity contribution in [3.05, 3.63) is 10.1 Å². The summed E-state index contributed by atoms with van der Waals surface area (Å²) >= 11 is 0. The fourth-order valence-corrected chi connectivity index (χ4v) is 0.930. The molecule has 6 nitrogen and oxygen atoms in total. The van der Waals surface area contributed by atoms with Gasteiger partial charge in [0.25, 0.3) is 5.09 Å². The van der Waals surface area contributed by atoms with Gasteiger partial charge in [-0.3, -0.25) is 4.79 Å². The van der Waals surface area contributed by atoms with Gasteiger partial charge in [-0.2, -0.15) is 0 Å². The molecule has 0 heterocycles. The summed E-state index contributed by atoms with van der Waals surface area (Å²) in [6, 6.07) is 0. The van der Waals surface area contributed by atoms with Crippen LogP contribution < -0.4 is 0 Å². The second kappa shape index (κ2) is 7.09. The molecule has 0 bridgehead atoms. The summed E-state index contributed by atoms with van der Waals surface area (Å²) in [5.74, 6) is -0.0319. The molecular weight excluding hydrogens is 226 g/mol. The van der Waals surface area contributed by atoms with Crippen molar-refractivity contribution in [2.24, 2.45) is 11.3 Å². The molecule has 6 heteroatoms. The Morgan fingerprint density at radius 2 is 1.82 bits per heavy atom. The van der Waals surface area contributed by atoms with Crippen LogP contribution in [0.3, 0.4) is 0 Å². The molecule has 0 rings (SSSR count). The third-order valence-electron chi connectivity index (χ3n) is 2.94. The lowest BCUT2D eigenvalue weighted by Gasteiger charge is -2.26. The van der Waals surface area contributed by atoms with E-state index in [0.29, 0.717) is 12.8 Å². The maximum Gasteiger partial charge on any atom is 0.311 e. The van der Waals surface area contributed by atoms with Crippen LogP contribution in [0.15, 0.2) is 0 Å². The van der Waals surface area contributed by atoms with E-state index in [-0.39, 0.29) is 25.1 Å². The van der Waals surface area contributed by atoms with Crippen molar-refractivity contribution in [3.63, 3.8) is 0 Å². The van der Waals surface area contributed by atoms with Crippen LogP contribution in [0.2, 0.25) is 0 Å². The van der Waals surface area contributed by atoms with E-state index in [1.807, 2.05) is 27.7 Å². The molecule has 0 aromatic heterocycles. The van der Waals surface area contributed by atoms with Crippen molar-refractivity contribution in [1.29, 1.82) is 0 Å². The minimum absolute atomic E-state index is 0.0398. The zero-order valence-corrected chi connectivity index (χ0v) is 10.9. The molecule has 0 fully saturated rings. The minimum atomic E-state index is -0.826. The molecule has 0 saturated heterocycles. The molecule has 0 spiro atoms. The zero-order chi connectivity index (χ0) is 13.5. The van der Waals surface area contributed by atoms with Crippen LogP contribution in [0, 0.1) is 21.4 Å². The van der Waals surface area contributed by atoms with Crippen molar-refractivity contribution in [3.8, 4) is 0 Å². The van der Waals surface area contributed by atoms with Crippen LogP contribution in [0.5, 0.6) is 0 Å². The number of hydrogen-bond donors (Lipinski definition) is 0. The van der Waals surface area contributed by atoms with Gasteiger partial charge in [0.15, 0.2) is 0 Å². The number of nitrogens with zero attached hydrogens (tertiary/aromatic N) is 1. The number of ether oxygens (including phenoxy) is 1. The van der Waals surface area contributed by atoms with Crippen molar-refractivity contribution in [1.82, 2.24) is 0 Å². The first kappa shape index (κ1) is 15.7. The lowest BCUT2D eigenvalue weighted by molar-refractivity contribution is -0.757. The van der Waals surface area contributed by atoms with E-state index < -0.39 is 10.5 Å². The number of esters is 1. The second-order valence-electron chi connectivity index (χ2n) is 4.78. The Morgan fingerprint density at radius 1 is 1.29 bits per heavy atom. The molecule has 100 valence electrons. The molecule has 0 aromatic rings. The summed E-state index contributed by atoms with van der Waals surface area (Å²) < 4.78 is 5.11. The fourth-order valence-electron chi connectivity index (χ4n) is 0.930. The first-order valence-corrected chi connectivity index (χ1v) is 5.73. The van der Waals surface area contributed by atoms with Crippen LogP contribution in [0.25, 0.3) is 0 Å². The average molecular weight is 247 g/mol. The molecule has 17 heavy (non-hydrogen) atoms. The van der Waals surface area contributed by atoms with Gasteiger partial charge < -0.3 is 9.57 Å². The van der Waals surface area contributed by atoms with Gasteiger partial charge in [0.05, 0.1) is 18.6 Å². The van der Waals surface area contributed by atoms with Crippen LogP contribution in [-0.2, 0) is 14.4 Å². The number of rotatable bonds is 8. The Morgan fingerprint density at radius 3 is 2.29 bits per heavy atom. The van der Waals surface area contributed by atoms with E-state index in [0.717, 1.165) is 0 Å². The highest BCUT2D eigenvalue weighted by Gasteiger charge is 2.32. The Bertz CT molecular complexity index is 263. The summed E-state index contributed by atoms with van der Waals surface area (Å²) in [5.41, 5.74) is -0.503. The van der Waals surface area contributed by atoms with Crippen molar-refractivity contribution in [2.75, 3.05) is 13.2 Å². The monoisotopic (exact) mass is 247 g/mol. The molecule has 0 N–H and O–H groups in total. The van der Waals surface area contributed by atoms with Gasteiger partial charge in [0.2, 0.25) is 0 Å². The van der Waals surface area contributed by atoms with E-state index in [2.05, 4.69) is 4.84 Å². The van der Waals surface area contributed by atoms with Crippen molar-refractivity contribution >= 4 is 5.97 Å². The Hall–Kier alpha value is -1.33. The van der Waals surface area contributed by atoms with E-state index in [1.54, 1.807) is 0 Å².